The van der Waals surface area contributed by atoms with Crippen LogP contribution in [-0.2, 0) is 24.4 Å². The van der Waals surface area contributed by atoms with Gasteiger partial charge in [-0.05, 0) is 112 Å². The summed E-state index contributed by atoms with van der Waals surface area (Å²) < 4.78 is 8.42. The van der Waals surface area contributed by atoms with Crippen molar-refractivity contribution in [3.05, 3.63) is 94.8 Å². The fourth-order valence-electron chi connectivity index (χ4n) is 5.95. The molecule has 1 saturated heterocycles. The highest BCUT2D eigenvalue weighted by atomic mass is 35.5. The Morgan fingerprint density at radius 2 is 1.76 bits per heavy atom. The van der Waals surface area contributed by atoms with Gasteiger partial charge in [-0.1, -0.05) is 54.1 Å². The molecule has 0 atom stereocenters. The number of para-hydroxylation sites is 1. The molecule has 0 unspecified atom stereocenters. The number of hydrogen-bond acceptors (Lipinski definition) is 4. The van der Waals surface area contributed by atoms with E-state index in [0.717, 1.165) is 68.5 Å². The summed E-state index contributed by atoms with van der Waals surface area (Å²) in [5, 5.41) is 3.77. The second kappa shape index (κ2) is 15.2. The molecule has 1 aliphatic rings. The molecule has 1 amide bonds. The molecule has 5 rings (SSSR count). The fourth-order valence-corrected chi connectivity index (χ4v) is 6.08. The number of nitrogens with zero attached hydrogens (tertiary/aromatic N) is 3. The number of carbonyl (C=O) groups excluding carboxylic acids is 1. The average molecular weight is 587 g/mol. The number of fused-ring (bicyclic) bond motifs is 1. The maximum atomic E-state index is 12.2. The summed E-state index contributed by atoms with van der Waals surface area (Å²) in [5.74, 6) is 2.69. The van der Waals surface area contributed by atoms with Crippen molar-refractivity contribution in [2.45, 2.75) is 65.0 Å². The van der Waals surface area contributed by atoms with Gasteiger partial charge in [-0.15, -0.1) is 0 Å². The van der Waals surface area contributed by atoms with Crippen molar-refractivity contribution in [2.75, 3.05) is 26.2 Å². The maximum Gasteiger partial charge on any atom is 0.220 e. The van der Waals surface area contributed by atoms with Crippen molar-refractivity contribution in [3.8, 4) is 5.75 Å². The number of hydrogen-bond donors (Lipinski definition) is 1. The number of rotatable bonds is 14. The Balaban J connectivity index is 1.02. The minimum Gasteiger partial charge on any atom is -0.486 e. The predicted molar refractivity (Wildman–Crippen MR) is 171 cm³/mol. The molecule has 1 aromatic heterocycles. The predicted octanol–water partition coefficient (Wildman–Crippen LogP) is 7.21. The molecule has 6 nitrogen and oxygen atoms in total. The van der Waals surface area contributed by atoms with Crippen molar-refractivity contribution in [1.29, 1.82) is 0 Å². The van der Waals surface area contributed by atoms with E-state index in [4.69, 9.17) is 21.3 Å². The number of nitrogens with one attached hydrogen (secondary N) is 1. The number of halogens is 1. The number of imidazole rings is 1. The smallest absolute Gasteiger partial charge is 0.220 e. The SMILES string of the molecule is Cc1cccc2c1nc(COc1ccc(Cl)cc1)n2CCCC1CCN(CCCC(=O)NCCc2ccccc2)CC1. The Morgan fingerprint density at radius 3 is 2.55 bits per heavy atom. The summed E-state index contributed by atoms with van der Waals surface area (Å²) in [6.07, 6.45) is 7.24. The van der Waals surface area contributed by atoms with Gasteiger partial charge in [0, 0.05) is 24.5 Å². The van der Waals surface area contributed by atoms with Gasteiger partial charge >= 0.3 is 0 Å². The highest BCUT2D eigenvalue weighted by Gasteiger charge is 2.20. The van der Waals surface area contributed by atoms with Crippen LogP contribution in [0.15, 0.2) is 72.8 Å². The molecule has 0 radical (unpaired) electrons. The van der Waals surface area contributed by atoms with Gasteiger partial charge in [0.15, 0.2) is 0 Å². The summed E-state index contributed by atoms with van der Waals surface area (Å²) in [7, 11) is 0. The zero-order valence-electron chi connectivity index (χ0n) is 24.7. The number of ether oxygens (including phenoxy) is 1. The molecular weight excluding hydrogens is 544 g/mol. The van der Waals surface area contributed by atoms with Crippen molar-refractivity contribution < 1.29 is 9.53 Å². The van der Waals surface area contributed by atoms with Gasteiger partial charge in [-0.25, -0.2) is 4.98 Å². The van der Waals surface area contributed by atoms with Crippen LogP contribution in [0.4, 0.5) is 0 Å². The van der Waals surface area contributed by atoms with E-state index in [1.165, 1.54) is 35.9 Å². The van der Waals surface area contributed by atoms with E-state index in [-0.39, 0.29) is 5.91 Å². The monoisotopic (exact) mass is 586 g/mol. The molecule has 3 aromatic carbocycles. The first kappa shape index (κ1) is 30.1. The number of piperidine rings is 1. The van der Waals surface area contributed by atoms with Gasteiger partial charge in [0.05, 0.1) is 11.0 Å². The van der Waals surface area contributed by atoms with E-state index in [0.29, 0.717) is 24.6 Å². The minimum atomic E-state index is 0.168. The number of aryl methyl sites for hydroxylation is 2. The molecule has 0 bridgehead atoms. The first-order chi connectivity index (χ1) is 20.5. The maximum absolute atomic E-state index is 12.2. The summed E-state index contributed by atoms with van der Waals surface area (Å²) in [6.45, 7) is 7.48. The highest BCUT2D eigenvalue weighted by molar-refractivity contribution is 6.30. The first-order valence-electron chi connectivity index (χ1n) is 15.4. The van der Waals surface area contributed by atoms with Crippen LogP contribution in [0, 0.1) is 12.8 Å². The molecule has 222 valence electrons. The Morgan fingerprint density at radius 1 is 0.976 bits per heavy atom. The Bertz CT molecular complexity index is 1410. The number of carbonyl (C=O) groups is 1. The van der Waals surface area contributed by atoms with E-state index in [1.807, 2.05) is 42.5 Å². The normalized spacial score (nSPS) is 14.3. The molecule has 0 spiro atoms. The number of aromatic nitrogens is 2. The van der Waals surface area contributed by atoms with Crippen LogP contribution in [0.2, 0.25) is 5.02 Å². The summed E-state index contributed by atoms with van der Waals surface area (Å²) in [4.78, 5) is 19.7. The molecule has 1 fully saturated rings. The summed E-state index contributed by atoms with van der Waals surface area (Å²) in [6, 6.07) is 24.2. The third kappa shape index (κ3) is 8.59. The lowest BCUT2D eigenvalue weighted by Gasteiger charge is -2.32. The molecule has 7 heteroatoms. The fraction of sp³-hybridized carbons (Fsp3) is 0.429. The zero-order valence-corrected chi connectivity index (χ0v) is 25.5. The van der Waals surface area contributed by atoms with E-state index >= 15 is 0 Å². The van der Waals surface area contributed by atoms with Crippen molar-refractivity contribution in [3.63, 3.8) is 0 Å². The largest absolute Gasteiger partial charge is 0.486 e. The Hall–Kier alpha value is -3.35. The lowest BCUT2D eigenvalue weighted by Crippen LogP contribution is -2.35. The van der Waals surface area contributed by atoms with Gasteiger partial charge in [0.25, 0.3) is 0 Å². The van der Waals surface area contributed by atoms with Crippen LogP contribution < -0.4 is 10.1 Å². The molecular formula is C35H43ClN4O2. The van der Waals surface area contributed by atoms with Crippen LogP contribution in [-0.4, -0.2) is 46.5 Å². The number of benzene rings is 3. The Kier molecular flexibility index (Phi) is 10.9. The molecule has 1 aliphatic heterocycles. The summed E-state index contributed by atoms with van der Waals surface area (Å²) >= 11 is 6.03. The van der Waals surface area contributed by atoms with Crippen LogP contribution in [0.3, 0.4) is 0 Å². The van der Waals surface area contributed by atoms with E-state index < -0.39 is 0 Å². The lowest BCUT2D eigenvalue weighted by molar-refractivity contribution is -0.121. The number of likely N-dealkylation sites (tertiary alicyclic amines) is 1. The van der Waals surface area contributed by atoms with Crippen LogP contribution in [0.1, 0.15) is 55.5 Å². The van der Waals surface area contributed by atoms with Crippen LogP contribution >= 0.6 is 11.6 Å². The lowest BCUT2D eigenvalue weighted by atomic mass is 9.92. The van der Waals surface area contributed by atoms with Crippen LogP contribution in [0.5, 0.6) is 5.75 Å². The third-order valence-corrected chi connectivity index (χ3v) is 8.65. The summed E-state index contributed by atoms with van der Waals surface area (Å²) in [5.41, 5.74) is 4.70. The highest BCUT2D eigenvalue weighted by Crippen LogP contribution is 2.26. The molecule has 1 N–H and O–H groups in total. The van der Waals surface area contributed by atoms with E-state index in [2.05, 4.69) is 52.0 Å². The Labute approximate surface area is 255 Å². The van der Waals surface area contributed by atoms with Gasteiger partial charge in [0.2, 0.25) is 5.91 Å². The molecule has 0 saturated carbocycles. The molecule has 4 aromatic rings. The van der Waals surface area contributed by atoms with E-state index in [1.54, 1.807) is 0 Å². The molecule has 2 heterocycles. The first-order valence-corrected chi connectivity index (χ1v) is 15.8. The average Bonchev–Trinajstić information content (AvgIpc) is 3.37. The van der Waals surface area contributed by atoms with Crippen LogP contribution in [0.25, 0.3) is 11.0 Å². The van der Waals surface area contributed by atoms with Crippen molar-refractivity contribution in [1.82, 2.24) is 19.8 Å². The van der Waals surface area contributed by atoms with Gasteiger partial charge in [0.1, 0.15) is 18.2 Å². The van der Waals surface area contributed by atoms with E-state index in [9.17, 15) is 4.79 Å². The second-order valence-corrected chi connectivity index (χ2v) is 11.9. The quantitative estimate of drug-likeness (QED) is 0.170. The second-order valence-electron chi connectivity index (χ2n) is 11.5. The molecule has 42 heavy (non-hydrogen) atoms. The van der Waals surface area contributed by atoms with Gasteiger partial charge in [-0.2, -0.15) is 0 Å². The molecule has 0 aliphatic carbocycles. The minimum absolute atomic E-state index is 0.168. The third-order valence-electron chi connectivity index (χ3n) is 8.40. The van der Waals surface area contributed by atoms with Crippen molar-refractivity contribution >= 4 is 28.5 Å². The zero-order chi connectivity index (χ0) is 29.1. The standard InChI is InChI=1S/C35H43ClN4O2/c1-27-8-5-12-32-35(27)38-33(26-42-31-16-14-30(36)15-17-31)40(32)23-6-11-29-19-24-39(25-20-29)22-7-13-34(41)37-21-18-28-9-3-2-4-10-28/h2-5,8-10,12,14-17,29H,6-7,11,13,18-26H2,1H3,(H,37,41). The van der Waals surface area contributed by atoms with Gasteiger partial charge in [-0.3, -0.25) is 4.79 Å². The number of amides is 1. The van der Waals surface area contributed by atoms with Crippen molar-refractivity contribution in [2.24, 2.45) is 5.92 Å². The van der Waals surface area contributed by atoms with Gasteiger partial charge < -0.3 is 19.5 Å². The topological polar surface area (TPSA) is 59.4 Å².